The molecule has 1 atom stereocenters. The van der Waals surface area contributed by atoms with Crippen LogP contribution in [0.5, 0.6) is 0 Å². The Morgan fingerprint density at radius 3 is 2.16 bits per heavy atom. The van der Waals surface area contributed by atoms with E-state index < -0.39 is 0 Å². The molecule has 2 nitrogen and oxygen atoms in total. The monoisotopic (exact) mass is 332 g/mol. The fourth-order valence-corrected chi connectivity index (χ4v) is 3.37. The molecular formula is C23H28N2. The molecule has 0 amide bonds. The van der Waals surface area contributed by atoms with E-state index in [0.29, 0.717) is 6.04 Å². The van der Waals surface area contributed by atoms with Crippen LogP contribution in [-0.4, -0.2) is 24.0 Å². The largest absolute Gasteiger partial charge is 0.330 e. The Bertz CT molecular complexity index is 689. The van der Waals surface area contributed by atoms with Crippen molar-refractivity contribution in [2.45, 2.75) is 31.8 Å². The first kappa shape index (κ1) is 17.7. The van der Waals surface area contributed by atoms with Gasteiger partial charge < -0.3 is 5.73 Å². The van der Waals surface area contributed by atoms with Crippen LogP contribution in [0.4, 0.5) is 0 Å². The lowest BCUT2D eigenvalue weighted by Gasteiger charge is -2.31. The summed E-state index contributed by atoms with van der Waals surface area (Å²) in [6.45, 7) is 2.78. The van der Waals surface area contributed by atoms with E-state index in [2.05, 4.69) is 83.8 Å². The van der Waals surface area contributed by atoms with Crippen molar-refractivity contribution in [2.24, 2.45) is 5.73 Å². The second-order valence-corrected chi connectivity index (χ2v) is 6.67. The molecule has 2 aromatic rings. The number of hydrogen-bond acceptors (Lipinski definition) is 2. The summed E-state index contributed by atoms with van der Waals surface area (Å²) in [6.07, 6.45) is 10.1. The molecule has 0 heterocycles. The molecule has 1 aliphatic carbocycles. The van der Waals surface area contributed by atoms with Gasteiger partial charge in [-0.15, -0.1) is 0 Å². The summed E-state index contributed by atoms with van der Waals surface area (Å²) in [5.74, 6) is 0. The SMILES string of the molecule is NCCC1=CCC(N(CCc2ccccc2)Cc2ccccc2)C=C1. The zero-order chi connectivity index (χ0) is 17.3. The maximum Gasteiger partial charge on any atom is 0.0319 e. The lowest BCUT2D eigenvalue weighted by Crippen LogP contribution is -2.35. The Kier molecular flexibility index (Phi) is 6.61. The summed E-state index contributed by atoms with van der Waals surface area (Å²) in [7, 11) is 0. The van der Waals surface area contributed by atoms with E-state index in [1.54, 1.807) is 0 Å². The van der Waals surface area contributed by atoms with E-state index in [9.17, 15) is 0 Å². The lowest BCUT2D eigenvalue weighted by atomic mass is 9.98. The standard InChI is InChI=1S/C23H28N2/c24-17-15-21-11-13-23(14-12-21)25(19-22-9-5-2-6-10-22)18-16-20-7-3-1-4-8-20/h1-13,23H,14-19,24H2. The minimum Gasteiger partial charge on any atom is -0.330 e. The molecule has 0 aliphatic heterocycles. The van der Waals surface area contributed by atoms with Crippen molar-refractivity contribution in [1.82, 2.24) is 4.90 Å². The Labute approximate surface area is 151 Å². The topological polar surface area (TPSA) is 29.3 Å². The van der Waals surface area contributed by atoms with Crippen molar-refractivity contribution < 1.29 is 0 Å². The highest BCUT2D eigenvalue weighted by Gasteiger charge is 2.17. The van der Waals surface area contributed by atoms with Gasteiger partial charge in [0.05, 0.1) is 0 Å². The van der Waals surface area contributed by atoms with Crippen LogP contribution in [0.2, 0.25) is 0 Å². The third-order valence-electron chi connectivity index (χ3n) is 4.82. The molecule has 0 bridgehead atoms. The number of hydrogen-bond donors (Lipinski definition) is 1. The molecule has 130 valence electrons. The van der Waals surface area contributed by atoms with Crippen LogP contribution >= 0.6 is 0 Å². The fourth-order valence-electron chi connectivity index (χ4n) is 3.37. The summed E-state index contributed by atoms with van der Waals surface area (Å²) in [6, 6.07) is 22.0. The number of benzene rings is 2. The van der Waals surface area contributed by atoms with Gasteiger partial charge in [-0.1, -0.05) is 84.5 Å². The van der Waals surface area contributed by atoms with Gasteiger partial charge in [0.1, 0.15) is 0 Å². The third-order valence-corrected chi connectivity index (χ3v) is 4.82. The first-order valence-corrected chi connectivity index (χ1v) is 9.24. The molecule has 0 saturated carbocycles. The van der Waals surface area contributed by atoms with E-state index in [0.717, 1.165) is 38.9 Å². The molecule has 2 heteroatoms. The van der Waals surface area contributed by atoms with E-state index in [1.165, 1.54) is 16.7 Å². The molecule has 2 aromatic carbocycles. The third kappa shape index (κ3) is 5.42. The molecule has 0 fully saturated rings. The van der Waals surface area contributed by atoms with Crippen molar-refractivity contribution in [3.05, 3.63) is 95.6 Å². The minimum absolute atomic E-state index is 0.463. The Hall–Kier alpha value is -2.16. The Morgan fingerprint density at radius 2 is 1.56 bits per heavy atom. The maximum absolute atomic E-state index is 5.68. The highest BCUT2D eigenvalue weighted by atomic mass is 15.1. The molecule has 0 aromatic heterocycles. The molecule has 0 spiro atoms. The second kappa shape index (κ2) is 9.36. The number of allylic oxidation sites excluding steroid dienone is 1. The maximum atomic E-state index is 5.68. The summed E-state index contributed by atoms with van der Waals surface area (Å²) >= 11 is 0. The highest BCUT2D eigenvalue weighted by molar-refractivity contribution is 5.26. The molecule has 3 rings (SSSR count). The van der Waals surface area contributed by atoms with Crippen molar-refractivity contribution in [2.75, 3.05) is 13.1 Å². The van der Waals surface area contributed by atoms with E-state index >= 15 is 0 Å². The lowest BCUT2D eigenvalue weighted by molar-refractivity contribution is 0.222. The average molecular weight is 332 g/mol. The smallest absolute Gasteiger partial charge is 0.0319 e. The molecule has 25 heavy (non-hydrogen) atoms. The van der Waals surface area contributed by atoms with Gasteiger partial charge in [0.15, 0.2) is 0 Å². The van der Waals surface area contributed by atoms with Crippen LogP contribution in [0, 0.1) is 0 Å². The van der Waals surface area contributed by atoms with Gasteiger partial charge in [0.2, 0.25) is 0 Å². The highest BCUT2D eigenvalue weighted by Crippen LogP contribution is 2.20. The van der Waals surface area contributed by atoms with Crippen LogP contribution in [0.25, 0.3) is 0 Å². The predicted octanol–water partition coefficient (Wildman–Crippen LogP) is 4.34. The zero-order valence-electron chi connectivity index (χ0n) is 14.9. The zero-order valence-corrected chi connectivity index (χ0v) is 14.9. The first-order valence-electron chi connectivity index (χ1n) is 9.24. The first-order chi connectivity index (χ1) is 12.3. The van der Waals surface area contributed by atoms with Gasteiger partial charge in [-0.05, 0) is 36.9 Å². The quantitative estimate of drug-likeness (QED) is 0.779. The Balaban J connectivity index is 1.67. The van der Waals surface area contributed by atoms with Crippen molar-refractivity contribution in [3.8, 4) is 0 Å². The van der Waals surface area contributed by atoms with E-state index in [-0.39, 0.29) is 0 Å². The minimum atomic E-state index is 0.463. The van der Waals surface area contributed by atoms with Crippen molar-refractivity contribution >= 4 is 0 Å². The fraction of sp³-hybridized carbons (Fsp3) is 0.304. The van der Waals surface area contributed by atoms with E-state index in [1.807, 2.05) is 0 Å². The van der Waals surface area contributed by atoms with Gasteiger partial charge in [-0.3, -0.25) is 4.90 Å². The van der Waals surface area contributed by atoms with Gasteiger partial charge in [-0.25, -0.2) is 0 Å². The summed E-state index contributed by atoms with van der Waals surface area (Å²) in [4.78, 5) is 2.59. The second-order valence-electron chi connectivity index (χ2n) is 6.67. The molecule has 1 aliphatic rings. The molecule has 1 unspecified atom stereocenters. The van der Waals surface area contributed by atoms with Gasteiger partial charge in [0.25, 0.3) is 0 Å². The average Bonchev–Trinajstić information content (AvgIpc) is 2.68. The molecule has 0 radical (unpaired) electrons. The van der Waals surface area contributed by atoms with Crippen LogP contribution < -0.4 is 5.73 Å². The number of nitrogens with zero attached hydrogens (tertiary/aromatic N) is 1. The summed E-state index contributed by atoms with van der Waals surface area (Å²) in [5, 5.41) is 0. The normalized spacial score (nSPS) is 16.9. The van der Waals surface area contributed by atoms with Gasteiger partial charge in [0, 0.05) is 19.1 Å². The Morgan fingerprint density at radius 1 is 0.880 bits per heavy atom. The van der Waals surface area contributed by atoms with Gasteiger partial charge in [-0.2, -0.15) is 0 Å². The van der Waals surface area contributed by atoms with E-state index in [4.69, 9.17) is 5.73 Å². The number of nitrogens with two attached hydrogens (primary N) is 1. The van der Waals surface area contributed by atoms with Crippen LogP contribution in [-0.2, 0) is 13.0 Å². The predicted molar refractivity (Wildman–Crippen MR) is 106 cm³/mol. The van der Waals surface area contributed by atoms with Gasteiger partial charge >= 0.3 is 0 Å². The van der Waals surface area contributed by atoms with Crippen molar-refractivity contribution in [3.63, 3.8) is 0 Å². The molecular weight excluding hydrogens is 304 g/mol. The molecule has 0 saturated heterocycles. The van der Waals surface area contributed by atoms with Crippen LogP contribution in [0.1, 0.15) is 24.0 Å². The van der Waals surface area contributed by atoms with Crippen molar-refractivity contribution in [1.29, 1.82) is 0 Å². The summed E-state index contributed by atoms with van der Waals surface area (Å²) in [5.41, 5.74) is 9.84. The summed E-state index contributed by atoms with van der Waals surface area (Å²) < 4.78 is 0. The van der Waals surface area contributed by atoms with Crippen LogP contribution in [0.15, 0.2) is 84.5 Å². The molecule has 2 N–H and O–H groups in total. The van der Waals surface area contributed by atoms with Crippen LogP contribution in [0.3, 0.4) is 0 Å². The number of rotatable bonds is 8.